The lowest BCUT2D eigenvalue weighted by atomic mass is 9.89. The lowest BCUT2D eigenvalue weighted by molar-refractivity contribution is -0.144. The largest absolute Gasteiger partial charge is 0.463 e. The molecule has 1 N–H and O–H groups in total. The highest BCUT2D eigenvalue weighted by Crippen LogP contribution is 2.31. The van der Waals surface area contributed by atoms with E-state index in [1.54, 1.807) is 0 Å². The summed E-state index contributed by atoms with van der Waals surface area (Å²) in [6.07, 6.45) is 26.5. The van der Waals surface area contributed by atoms with Crippen LogP contribution in [0.1, 0.15) is 104 Å². The molecule has 3 heteroatoms. The monoisotopic (exact) mass is 392 g/mol. The molecule has 0 aromatic carbocycles. The average Bonchev–Trinajstić information content (AvgIpc) is 3.12. The van der Waals surface area contributed by atoms with Gasteiger partial charge in [-0.2, -0.15) is 0 Å². The van der Waals surface area contributed by atoms with Crippen molar-refractivity contribution in [1.82, 2.24) is 0 Å². The molecule has 0 bridgehead atoms. The van der Waals surface area contributed by atoms with Crippen LogP contribution in [-0.2, 0) is 9.53 Å². The number of aliphatic hydroxyl groups excluding tert-OH is 1. The van der Waals surface area contributed by atoms with Crippen LogP contribution in [0, 0.1) is 11.8 Å². The van der Waals surface area contributed by atoms with Crippen molar-refractivity contribution < 1.29 is 14.6 Å². The van der Waals surface area contributed by atoms with E-state index in [1.165, 1.54) is 77.6 Å². The molecule has 0 fully saturated rings. The van der Waals surface area contributed by atoms with E-state index >= 15 is 0 Å². The summed E-state index contributed by atoms with van der Waals surface area (Å²) in [6.45, 7) is 3.78. The predicted molar refractivity (Wildman–Crippen MR) is 118 cm³/mol. The zero-order chi connectivity index (χ0) is 20.5. The maximum Gasteiger partial charge on any atom is 0.302 e. The number of esters is 1. The van der Waals surface area contributed by atoms with Crippen molar-refractivity contribution in [1.29, 1.82) is 0 Å². The van der Waals surface area contributed by atoms with E-state index < -0.39 is 6.10 Å². The van der Waals surface area contributed by atoms with Crippen LogP contribution in [0.15, 0.2) is 24.3 Å². The number of aliphatic hydroxyl groups is 1. The molecule has 1 aliphatic carbocycles. The Bertz CT molecular complexity index is 441. The van der Waals surface area contributed by atoms with Crippen molar-refractivity contribution in [3.63, 3.8) is 0 Å². The Hall–Kier alpha value is -1.09. The van der Waals surface area contributed by atoms with Crippen molar-refractivity contribution in [3.05, 3.63) is 24.3 Å². The summed E-state index contributed by atoms with van der Waals surface area (Å²) in [7, 11) is 0. The van der Waals surface area contributed by atoms with Gasteiger partial charge in [0.1, 0.15) is 6.61 Å². The van der Waals surface area contributed by atoms with Crippen LogP contribution in [-0.4, -0.2) is 23.8 Å². The molecule has 3 nitrogen and oxygen atoms in total. The minimum absolute atomic E-state index is 0.135. The fourth-order valence-electron chi connectivity index (χ4n) is 3.99. The first-order valence-corrected chi connectivity index (χ1v) is 11.8. The van der Waals surface area contributed by atoms with Crippen molar-refractivity contribution in [3.8, 4) is 0 Å². The molecule has 1 rings (SSSR count). The van der Waals surface area contributed by atoms with Gasteiger partial charge in [-0.15, -0.1) is 0 Å². The van der Waals surface area contributed by atoms with Gasteiger partial charge in [0.15, 0.2) is 0 Å². The van der Waals surface area contributed by atoms with Crippen LogP contribution in [0.2, 0.25) is 0 Å². The van der Waals surface area contributed by atoms with E-state index in [-0.39, 0.29) is 12.6 Å². The van der Waals surface area contributed by atoms with E-state index in [4.69, 9.17) is 4.74 Å². The topological polar surface area (TPSA) is 46.5 Å². The summed E-state index contributed by atoms with van der Waals surface area (Å²) in [5.41, 5.74) is 0. The standard InChI is InChI=1S/C25H44O3/c1-3-4-5-6-7-8-9-12-16-23-18-15-19-24(23)17-13-10-11-14-20-25(27)21-28-22(2)26/h12,15-16,18,23-25,27H,3-11,13-14,17,19-21H2,1-2H3/t23-,24-,25?/m0/s1. The van der Waals surface area contributed by atoms with Gasteiger partial charge >= 0.3 is 5.97 Å². The second-order valence-electron chi connectivity index (χ2n) is 8.43. The first-order valence-electron chi connectivity index (χ1n) is 11.8. The molecule has 0 aliphatic heterocycles. The van der Waals surface area contributed by atoms with E-state index in [0.29, 0.717) is 5.92 Å². The van der Waals surface area contributed by atoms with E-state index in [9.17, 15) is 9.90 Å². The lowest BCUT2D eigenvalue weighted by Crippen LogP contribution is -2.17. The van der Waals surface area contributed by atoms with Gasteiger partial charge in [-0.25, -0.2) is 0 Å². The van der Waals surface area contributed by atoms with Gasteiger partial charge in [0.05, 0.1) is 6.10 Å². The third-order valence-corrected chi connectivity index (χ3v) is 5.77. The van der Waals surface area contributed by atoms with Crippen molar-refractivity contribution >= 4 is 5.97 Å². The number of hydrogen-bond donors (Lipinski definition) is 1. The molecular formula is C25H44O3. The maximum absolute atomic E-state index is 10.7. The number of hydrogen-bond acceptors (Lipinski definition) is 3. The molecule has 162 valence electrons. The van der Waals surface area contributed by atoms with Gasteiger partial charge in [0.25, 0.3) is 0 Å². The molecule has 0 saturated heterocycles. The molecule has 0 aromatic heterocycles. The molecular weight excluding hydrogens is 348 g/mol. The number of unbranched alkanes of at least 4 members (excludes halogenated alkanes) is 9. The average molecular weight is 393 g/mol. The third kappa shape index (κ3) is 13.1. The van der Waals surface area contributed by atoms with E-state index in [2.05, 4.69) is 31.2 Å². The molecule has 0 radical (unpaired) electrons. The summed E-state index contributed by atoms with van der Waals surface area (Å²) in [4.78, 5) is 10.7. The summed E-state index contributed by atoms with van der Waals surface area (Å²) in [5.74, 6) is 1.11. The Balaban J connectivity index is 2.02. The summed E-state index contributed by atoms with van der Waals surface area (Å²) in [5, 5.41) is 9.74. The smallest absolute Gasteiger partial charge is 0.302 e. The predicted octanol–water partition coefficient (Wildman–Crippen LogP) is 6.75. The molecule has 0 amide bonds. The quantitative estimate of drug-likeness (QED) is 0.169. The van der Waals surface area contributed by atoms with E-state index in [0.717, 1.165) is 25.2 Å². The van der Waals surface area contributed by atoms with Crippen molar-refractivity contribution in [2.45, 2.75) is 110 Å². The zero-order valence-corrected chi connectivity index (χ0v) is 18.4. The van der Waals surface area contributed by atoms with Gasteiger partial charge in [-0.05, 0) is 43.9 Å². The Morgan fingerprint density at radius 1 is 1.11 bits per heavy atom. The molecule has 0 aromatic rings. The second kappa shape index (κ2) is 16.8. The number of ether oxygens (including phenoxy) is 1. The minimum atomic E-state index is -0.510. The van der Waals surface area contributed by atoms with E-state index in [1.807, 2.05) is 0 Å². The van der Waals surface area contributed by atoms with Gasteiger partial charge in [0.2, 0.25) is 0 Å². The Morgan fingerprint density at radius 3 is 2.61 bits per heavy atom. The first kappa shape index (κ1) is 24.9. The fourth-order valence-corrected chi connectivity index (χ4v) is 3.99. The zero-order valence-electron chi connectivity index (χ0n) is 18.4. The van der Waals surface area contributed by atoms with Crippen molar-refractivity contribution in [2.75, 3.05) is 6.61 Å². The van der Waals surface area contributed by atoms with Crippen molar-refractivity contribution in [2.24, 2.45) is 11.8 Å². The Labute approximate surface area is 173 Å². The number of rotatable bonds is 17. The summed E-state index contributed by atoms with van der Waals surface area (Å²) >= 11 is 0. The highest BCUT2D eigenvalue weighted by molar-refractivity contribution is 5.65. The highest BCUT2D eigenvalue weighted by Gasteiger charge is 2.19. The molecule has 1 aliphatic rings. The first-order chi connectivity index (χ1) is 13.6. The van der Waals surface area contributed by atoms with Crippen LogP contribution in [0.25, 0.3) is 0 Å². The van der Waals surface area contributed by atoms with Gasteiger partial charge in [-0.1, -0.05) is 89.0 Å². The van der Waals surface area contributed by atoms with Crippen LogP contribution >= 0.6 is 0 Å². The minimum Gasteiger partial charge on any atom is -0.463 e. The molecule has 3 atom stereocenters. The highest BCUT2D eigenvalue weighted by atomic mass is 16.5. The Kier molecular flexibility index (Phi) is 15.0. The second-order valence-corrected chi connectivity index (χ2v) is 8.43. The van der Waals surface area contributed by atoms with Gasteiger partial charge in [0, 0.05) is 6.92 Å². The number of allylic oxidation sites excluding steroid dienone is 4. The third-order valence-electron chi connectivity index (χ3n) is 5.77. The van der Waals surface area contributed by atoms with Crippen LogP contribution in [0.5, 0.6) is 0 Å². The summed E-state index contributed by atoms with van der Waals surface area (Å²) in [6, 6.07) is 0. The van der Waals surface area contributed by atoms with Crippen LogP contribution in [0.4, 0.5) is 0 Å². The number of carbonyl (C=O) groups excluding carboxylic acids is 1. The molecule has 28 heavy (non-hydrogen) atoms. The SMILES string of the molecule is CCCCCCCCC=C[C@H]1C=CC[C@@H]1CCCCCCC(O)COC(C)=O. The molecule has 0 heterocycles. The normalized spacial score (nSPS) is 20.1. The van der Waals surface area contributed by atoms with Gasteiger partial charge in [-0.3, -0.25) is 4.79 Å². The summed E-state index contributed by atoms with van der Waals surface area (Å²) < 4.78 is 4.83. The molecule has 0 spiro atoms. The maximum atomic E-state index is 10.7. The van der Waals surface area contributed by atoms with Crippen LogP contribution < -0.4 is 0 Å². The lowest BCUT2D eigenvalue weighted by Gasteiger charge is -2.16. The fraction of sp³-hybridized carbons (Fsp3) is 0.800. The number of carbonyl (C=O) groups is 1. The van der Waals surface area contributed by atoms with Crippen LogP contribution in [0.3, 0.4) is 0 Å². The van der Waals surface area contributed by atoms with Gasteiger partial charge < -0.3 is 9.84 Å². The molecule has 1 unspecified atom stereocenters. The Morgan fingerprint density at radius 2 is 1.82 bits per heavy atom. The molecule has 0 saturated carbocycles.